The van der Waals surface area contributed by atoms with Gasteiger partial charge in [-0.15, -0.1) is 11.3 Å². The van der Waals surface area contributed by atoms with Crippen LogP contribution in [0.3, 0.4) is 0 Å². The number of nitrogens with zero attached hydrogens (tertiary/aromatic N) is 5. The highest BCUT2D eigenvalue weighted by atomic mass is 32.1. The average molecular weight is 341 g/mol. The maximum Gasteiger partial charge on any atom is 0.434 e. The summed E-state index contributed by atoms with van der Waals surface area (Å²) >= 11 is 0.882. The molecule has 6 nitrogen and oxygen atoms in total. The van der Waals surface area contributed by atoms with Gasteiger partial charge in [-0.1, -0.05) is 18.2 Å². The lowest BCUT2D eigenvalue weighted by Gasteiger charge is -2.05. The molecule has 23 heavy (non-hydrogen) atoms. The van der Waals surface area contributed by atoms with Gasteiger partial charge in [0.2, 0.25) is 0 Å². The zero-order valence-electron chi connectivity index (χ0n) is 11.8. The van der Waals surface area contributed by atoms with Crippen molar-refractivity contribution >= 4 is 11.3 Å². The zero-order chi connectivity index (χ0) is 16.6. The number of halogens is 3. The van der Waals surface area contributed by atoms with Crippen molar-refractivity contribution in [3.63, 3.8) is 0 Å². The number of thiazole rings is 1. The molecule has 0 bridgehead atoms. The molecule has 0 saturated heterocycles. The van der Waals surface area contributed by atoms with E-state index < -0.39 is 17.6 Å². The smallest absolute Gasteiger partial charge is 0.244 e. The van der Waals surface area contributed by atoms with E-state index in [1.165, 1.54) is 6.92 Å². The summed E-state index contributed by atoms with van der Waals surface area (Å²) in [7, 11) is 0. The van der Waals surface area contributed by atoms with Crippen LogP contribution in [-0.2, 0) is 12.7 Å². The van der Waals surface area contributed by atoms with Crippen molar-refractivity contribution in [2.24, 2.45) is 0 Å². The van der Waals surface area contributed by atoms with E-state index in [2.05, 4.69) is 15.4 Å². The maximum absolute atomic E-state index is 13.0. The van der Waals surface area contributed by atoms with Crippen molar-refractivity contribution in [2.75, 3.05) is 0 Å². The van der Waals surface area contributed by atoms with Crippen molar-refractivity contribution < 1.29 is 13.2 Å². The lowest BCUT2D eigenvalue weighted by molar-refractivity contribution is -0.141. The molecule has 3 aromatic rings. The third-order valence-corrected chi connectivity index (χ3v) is 3.96. The zero-order valence-corrected chi connectivity index (χ0v) is 12.6. The number of aryl methyl sites for hydroxylation is 1. The van der Waals surface area contributed by atoms with Crippen LogP contribution in [0.1, 0.15) is 15.6 Å². The van der Waals surface area contributed by atoms with Gasteiger partial charge in [0.15, 0.2) is 5.69 Å². The number of tetrazole rings is 1. The Morgan fingerprint density at radius 2 is 1.87 bits per heavy atom. The minimum atomic E-state index is -4.57. The van der Waals surface area contributed by atoms with Gasteiger partial charge in [-0.2, -0.15) is 22.5 Å². The first-order chi connectivity index (χ1) is 10.9. The van der Waals surface area contributed by atoms with Crippen LogP contribution in [0.5, 0.6) is 0 Å². The minimum absolute atomic E-state index is 0.0720. The van der Waals surface area contributed by atoms with Crippen molar-refractivity contribution in [3.05, 3.63) is 56.4 Å². The fourth-order valence-electron chi connectivity index (χ4n) is 2.04. The van der Waals surface area contributed by atoms with E-state index >= 15 is 0 Å². The fraction of sp³-hybridized carbons (Fsp3) is 0.231. The van der Waals surface area contributed by atoms with Crippen LogP contribution in [0.25, 0.3) is 5.69 Å². The Morgan fingerprint density at radius 1 is 1.17 bits per heavy atom. The number of alkyl halides is 3. The normalized spacial score (nSPS) is 11.8. The standard InChI is InChI=1S/C13H10F3N5OS/c1-8-17-11(13(14,15)16)10(23-8)7-20-12(22)21(19-18-20)9-5-3-2-4-6-9/h2-6H,7H2,1H3. The Hall–Kier alpha value is -2.49. The molecule has 10 heteroatoms. The molecule has 0 aliphatic heterocycles. The maximum atomic E-state index is 13.0. The van der Waals surface area contributed by atoms with Crippen LogP contribution in [0.2, 0.25) is 0 Å². The van der Waals surface area contributed by atoms with E-state index in [1.807, 2.05) is 0 Å². The third kappa shape index (κ3) is 3.02. The molecule has 1 aromatic carbocycles. The number of hydrogen-bond donors (Lipinski definition) is 0. The Kier molecular flexibility index (Phi) is 3.76. The Bertz CT molecular complexity index is 881. The number of benzene rings is 1. The Balaban J connectivity index is 1.97. The molecular formula is C13H10F3N5OS. The molecule has 0 atom stereocenters. The molecule has 0 fully saturated rings. The van der Waals surface area contributed by atoms with Gasteiger partial charge < -0.3 is 0 Å². The summed E-state index contributed by atoms with van der Waals surface area (Å²) in [5.74, 6) is 0. The van der Waals surface area contributed by atoms with Crippen molar-refractivity contribution in [2.45, 2.75) is 19.6 Å². The molecule has 0 amide bonds. The van der Waals surface area contributed by atoms with Gasteiger partial charge in [0.1, 0.15) is 0 Å². The molecule has 0 aliphatic rings. The van der Waals surface area contributed by atoms with Crippen LogP contribution in [0.4, 0.5) is 13.2 Å². The Labute approximate surface area is 131 Å². The molecule has 0 aliphatic carbocycles. The highest BCUT2D eigenvalue weighted by molar-refractivity contribution is 7.11. The third-order valence-electron chi connectivity index (χ3n) is 3.01. The summed E-state index contributed by atoms with van der Waals surface area (Å²) in [6.45, 7) is 1.15. The van der Waals surface area contributed by atoms with Crippen LogP contribution in [-0.4, -0.2) is 24.8 Å². The molecule has 0 N–H and O–H groups in total. The monoisotopic (exact) mass is 341 g/mol. The van der Waals surface area contributed by atoms with Crippen LogP contribution in [0, 0.1) is 6.92 Å². The molecule has 3 rings (SSSR count). The van der Waals surface area contributed by atoms with Gasteiger partial charge in [0, 0.05) is 0 Å². The van der Waals surface area contributed by atoms with Gasteiger partial charge in [-0.05, 0) is 29.5 Å². The molecule has 2 heterocycles. The van der Waals surface area contributed by atoms with E-state index in [9.17, 15) is 18.0 Å². The second-order valence-electron chi connectivity index (χ2n) is 4.67. The van der Waals surface area contributed by atoms with E-state index in [0.29, 0.717) is 5.69 Å². The highest BCUT2D eigenvalue weighted by Crippen LogP contribution is 2.34. The number of aromatic nitrogens is 5. The molecule has 0 unspecified atom stereocenters. The average Bonchev–Trinajstić information content (AvgIpc) is 3.04. The number of hydrogen-bond acceptors (Lipinski definition) is 5. The predicted molar refractivity (Wildman–Crippen MR) is 76.6 cm³/mol. The first-order valence-electron chi connectivity index (χ1n) is 6.48. The second-order valence-corrected chi connectivity index (χ2v) is 5.96. The van der Waals surface area contributed by atoms with Gasteiger partial charge in [0.05, 0.1) is 22.1 Å². The first kappa shape index (κ1) is 15.4. The molecule has 0 spiro atoms. The number of rotatable bonds is 3. The van der Waals surface area contributed by atoms with Crippen LogP contribution in [0.15, 0.2) is 35.1 Å². The molecule has 0 radical (unpaired) electrons. The summed E-state index contributed by atoms with van der Waals surface area (Å²) < 4.78 is 40.8. The van der Waals surface area contributed by atoms with Crippen LogP contribution < -0.4 is 5.69 Å². The predicted octanol–water partition coefficient (Wildman–Crippen LogP) is 2.26. The lowest BCUT2D eigenvalue weighted by Crippen LogP contribution is -2.25. The van der Waals surface area contributed by atoms with E-state index in [1.54, 1.807) is 30.3 Å². The molecule has 2 aromatic heterocycles. The van der Waals surface area contributed by atoms with Gasteiger partial charge in [-0.3, -0.25) is 0 Å². The first-order valence-corrected chi connectivity index (χ1v) is 7.29. The van der Waals surface area contributed by atoms with Gasteiger partial charge in [0.25, 0.3) is 0 Å². The SMILES string of the molecule is Cc1nc(C(F)(F)F)c(Cn2nnn(-c3ccccc3)c2=O)s1. The lowest BCUT2D eigenvalue weighted by atomic mass is 10.3. The van der Waals surface area contributed by atoms with Crippen molar-refractivity contribution in [1.29, 1.82) is 0 Å². The summed E-state index contributed by atoms with van der Waals surface area (Å²) in [6, 6.07) is 8.51. The fourth-order valence-corrected chi connectivity index (χ4v) is 2.98. The summed E-state index contributed by atoms with van der Waals surface area (Å²) in [4.78, 5) is 15.7. The van der Waals surface area contributed by atoms with Crippen molar-refractivity contribution in [1.82, 2.24) is 24.8 Å². The topological polar surface area (TPSA) is 65.6 Å². The van der Waals surface area contributed by atoms with Gasteiger partial charge >= 0.3 is 11.9 Å². The molecule has 120 valence electrons. The van der Waals surface area contributed by atoms with Crippen molar-refractivity contribution in [3.8, 4) is 5.69 Å². The minimum Gasteiger partial charge on any atom is -0.244 e. The molecule has 0 saturated carbocycles. The quantitative estimate of drug-likeness (QED) is 0.733. The summed E-state index contributed by atoms with van der Waals surface area (Å²) in [5.41, 5.74) is -1.11. The Morgan fingerprint density at radius 3 is 2.52 bits per heavy atom. The summed E-state index contributed by atoms with van der Waals surface area (Å²) in [6.07, 6.45) is -4.57. The van der Waals surface area contributed by atoms with E-state index in [4.69, 9.17) is 0 Å². The van der Waals surface area contributed by atoms with E-state index in [0.717, 1.165) is 20.7 Å². The molecular weight excluding hydrogens is 331 g/mol. The van der Waals surface area contributed by atoms with Gasteiger partial charge in [-0.25, -0.2) is 9.78 Å². The van der Waals surface area contributed by atoms with E-state index in [-0.39, 0.29) is 16.4 Å². The highest BCUT2D eigenvalue weighted by Gasteiger charge is 2.37. The summed E-state index contributed by atoms with van der Waals surface area (Å²) in [5, 5.41) is 7.62. The largest absolute Gasteiger partial charge is 0.434 e. The van der Waals surface area contributed by atoms with Crippen LogP contribution >= 0.6 is 11.3 Å². The second kappa shape index (κ2) is 5.61. The number of para-hydroxylation sites is 1.